The van der Waals surface area contributed by atoms with Gasteiger partial charge in [0.2, 0.25) is 10.0 Å². The van der Waals surface area contributed by atoms with Crippen LogP contribution in [0.2, 0.25) is 5.02 Å². The average molecular weight is 559 g/mol. The summed E-state index contributed by atoms with van der Waals surface area (Å²) in [6, 6.07) is 13.4. The topological polar surface area (TPSA) is 64.2 Å². The van der Waals surface area contributed by atoms with Crippen LogP contribution in [0.5, 0.6) is 0 Å². The lowest BCUT2D eigenvalue weighted by Gasteiger charge is -2.35. The Morgan fingerprint density at radius 3 is 2.27 bits per heavy atom. The van der Waals surface area contributed by atoms with Gasteiger partial charge in [-0.05, 0) is 30.3 Å². The summed E-state index contributed by atoms with van der Waals surface area (Å²) in [4.78, 5) is 18.8. The predicted molar refractivity (Wildman–Crippen MR) is 136 cm³/mol. The van der Waals surface area contributed by atoms with Gasteiger partial charge < -0.3 is 9.80 Å². The number of amides is 2. The molecule has 2 fully saturated rings. The van der Waals surface area contributed by atoms with E-state index in [1.54, 1.807) is 15.9 Å². The fourth-order valence-corrected chi connectivity index (χ4v) is 6.17. The van der Waals surface area contributed by atoms with E-state index in [-0.39, 0.29) is 42.6 Å². The minimum absolute atomic E-state index is 0.0400. The number of urea groups is 1. The van der Waals surface area contributed by atoms with Gasteiger partial charge in [0.15, 0.2) is 0 Å². The number of halogens is 4. The molecule has 4 rings (SSSR count). The summed E-state index contributed by atoms with van der Waals surface area (Å²) >= 11 is 5.79. The first-order valence-electron chi connectivity index (χ1n) is 11.9. The third kappa shape index (κ3) is 6.39. The molecule has 2 aromatic rings. The number of nitrogens with zero attached hydrogens (tertiary/aromatic N) is 4. The molecule has 0 bridgehead atoms. The molecule has 0 saturated carbocycles. The Morgan fingerprint density at radius 1 is 1.03 bits per heavy atom. The zero-order chi connectivity index (χ0) is 27.0. The average Bonchev–Trinajstić information content (AvgIpc) is 3.30. The smallest absolute Gasteiger partial charge is 0.322 e. The van der Waals surface area contributed by atoms with E-state index in [0.29, 0.717) is 31.7 Å². The van der Waals surface area contributed by atoms with Crippen molar-refractivity contribution in [2.45, 2.75) is 24.7 Å². The maximum absolute atomic E-state index is 13.4. The summed E-state index contributed by atoms with van der Waals surface area (Å²) in [5.41, 5.74) is 0.660. The van der Waals surface area contributed by atoms with E-state index in [1.165, 1.54) is 10.4 Å². The fraction of sp³-hybridized carbons (Fsp3) is 0.480. The molecule has 202 valence electrons. The Balaban J connectivity index is 1.51. The Hall–Kier alpha value is -2.34. The number of sulfonamides is 1. The first-order chi connectivity index (χ1) is 17.3. The van der Waals surface area contributed by atoms with Gasteiger partial charge in [0.25, 0.3) is 0 Å². The van der Waals surface area contributed by atoms with Crippen molar-refractivity contribution in [3.63, 3.8) is 0 Å². The largest absolute Gasteiger partial charge is 0.417 e. The number of carbonyl (C=O) groups is 1. The van der Waals surface area contributed by atoms with Gasteiger partial charge >= 0.3 is 12.2 Å². The molecule has 2 amide bonds. The van der Waals surface area contributed by atoms with Gasteiger partial charge in [-0.1, -0.05) is 48.0 Å². The van der Waals surface area contributed by atoms with Gasteiger partial charge in [0.05, 0.1) is 16.8 Å². The molecule has 0 aliphatic carbocycles. The number of carbonyl (C=O) groups excluding carboxylic acids is 1. The van der Waals surface area contributed by atoms with Crippen LogP contribution < -0.4 is 0 Å². The summed E-state index contributed by atoms with van der Waals surface area (Å²) in [5.74, 6) is -0.0400. The standard InChI is InChI=1S/C25H30ClF3N4O3S/c1-30(15-18-8-9-22(26)21(14-18)25(27,28)29)23-17-32(16-20(23)19-6-4-3-5-7-19)24(34)31-10-12-33(13-11-31)37(2,35)36/h3-9,14,20,23H,10-13,15-17H2,1-2H3/t20-,23+/m1/s1. The van der Waals surface area contributed by atoms with Crippen molar-refractivity contribution in [1.82, 2.24) is 19.0 Å². The first kappa shape index (κ1) is 27.7. The number of likely N-dealkylation sites (N-methyl/N-ethyl adjacent to an activating group) is 1. The van der Waals surface area contributed by atoms with E-state index < -0.39 is 21.8 Å². The van der Waals surface area contributed by atoms with Crippen LogP contribution in [0.15, 0.2) is 48.5 Å². The lowest BCUT2D eigenvalue weighted by atomic mass is 9.93. The van der Waals surface area contributed by atoms with Crippen LogP contribution in [-0.2, 0) is 22.7 Å². The number of likely N-dealkylation sites (tertiary alicyclic amines) is 1. The SMILES string of the molecule is CN(Cc1ccc(Cl)c(C(F)(F)F)c1)[C@H]1CN(C(=O)N2CCN(S(C)(=O)=O)CC2)C[C@@H]1c1ccccc1. The molecule has 12 heteroatoms. The minimum atomic E-state index is -4.55. The Kier molecular flexibility index (Phi) is 8.08. The highest BCUT2D eigenvalue weighted by Gasteiger charge is 2.41. The Morgan fingerprint density at radius 2 is 1.68 bits per heavy atom. The monoisotopic (exact) mass is 558 g/mol. The van der Waals surface area contributed by atoms with Crippen molar-refractivity contribution in [3.8, 4) is 0 Å². The molecule has 37 heavy (non-hydrogen) atoms. The number of benzene rings is 2. The highest BCUT2D eigenvalue weighted by molar-refractivity contribution is 7.88. The van der Waals surface area contributed by atoms with Crippen molar-refractivity contribution in [1.29, 1.82) is 0 Å². The van der Waals surface area contributed by atoms with E-state index >= 15 is 0 Å². The molecule has 7 nitrogen and oxygen atoms in total. The molecule has 0 unspecified atom stereocenters. The van der Waals surface area contributed by atoms with Crippen molar-refractivity contribution in [3.05, 3.63) is 70.2 Å². The predicted octanol–water partition coefficient (Wildman–Crippen LogP) is 3.96. The second-order valence-corrected chi connectivity index (χ2v) is 12.0. The van der Waals surface area contributed by atoms with E-state index in [1.807, 2.05) is 42.3 Å². The van der Waals surface area contributed by atoms with Gasteiger partial charge in [0, 0.05) is 57.8 Å². The van der Waals surface area contributed by atoms with Gasteiger partial charge in [-0.25, -0.2) is 13.2 Å². The number of rotatable bonds is 5. The van der Waals surface area contributed by atoms with E-state index in [0.717, 1.165) is 17.9 Å². The van der Waals surface area contributed by atoms with Crippen LogP contribution in [0.25, 0.3) is 0 Å². The van der Waals surface area contributed by atoms with Crippen LogP contribution in [0.4, 0.5) is 18.0 Å². The van der Waals surface area contributed by atoms with Gasteiger partial charge in [0.1, 0.15) is 0 Å². The lowest BCUT2D eigenvalue weighted by Crippen LogP contribution is -2.53. The van der Waals surface area contributed by atoms with Crippen LogP contribution in [0, 0.1) is 0 Å². The number of piperazine rings is 1. The third-order valence-corrected chi connectivity index (χ3v) is 8.73. The minimum Gasteiger partial charge on any atom is -0.322 e. The van der Waals surface area contributed by atoms with E-state index in [9.17, 15) is 26.4 Å². The molecular formula is C25H30ClF3N4O3S. The quantitative estimate of drug-likeness (QED) is 0.557. The van der Waals surface area contributed by atoms with Crippen LogP contribution >= 0.6 is 11.6 Å². The lowest BCUT2D eigenvalue weighted by molar-refractivity contribution is -0.137. The third-order valence-electron chi connectivity index (χ3n) is 7.10. The maximum Gasteiger partial charge on any atom is 0.417 e. The fourth-order valence-electron chi connectivity index (χ4n) is 5.12. The van der Waals surface area contributed by atoms with Gasteiger partial charge in [-0.3, -0.25) is 4.90 Å². The van der Waals surface area contributed by atoms with Crippen LogP contribution in [-0.4, -0.2) is 92.1 Å². The van der Waals surface area contributed by atoms with Crippen LogP contribution in [0.1, 0.15) is 22.6 Å². The second-order valence-electron chi connectivity index (χ2n) is 9.65. The zero-order valence-corrected chi connectivity index (χ0v) is 22.2. The van der Waals surface area contributed by atoms with Crippen molar-refractivity contribution >= 4 is 27.7 Å². The molecule has 0 N–H and O–H groups in total. The summed E-state index contributed by atoms with van der Waals surface area (Å²) < 4.78 is 65.1. The molecular weight excluding hydrogens is 529 g/mol. The summed E-state index contributed by atoms with van der Waals surface area (Å²) in [6.45, 7) is 2.24. The van der Waals surface area contributed by atoms with E-state index in [2.05, 4.69) is 0 Å². The molecule has 2 aliphatic heterocycles. The van der Waals surface area contributed by atoms with Crippen LogP contribution in [0.3, 0.4) is 0 Å². The summed E-state index contributed by atoms with van der Waals surface area (Å²) in [5, 5.41) is -0.338. The number of hydrogen-bond donors (Lipinski definition) is 0. The zero-order valence-electron chi connectivity index (χ0n) is 20.7. The van der Waals surface area contributed by atoms with E-state index in [4.69, 9.17) is 11.6 Å². The molecule has 2 atom stereocenters. The summed E-state index contributed by atoms with van der Waals surface area (Å²) in [7, 11) is -1.46. The normalized spacial score (nSPS) is 21.6. The number of hydrogen-bond acceptors (Lipinski definition) is 4. The second kappa shape index (κ2) is 10.8. The Labute approximate surface area is 220 Å². The maximum atomic E-state index is 13.4. The van der Waals surface area contributed by atoms with Crippen molar-refractivity contribution in [2.75, 3.05) is 52.6 Å². The van der Waals surface area contributed by atoms with Gasteiger partial charge in [-0.2, -0.15) is 17.5 Å². The highest BCUT2D eigenvalue weighted by Crippen LogP contribution is 2.36. The van der Waals surface area contributed by atoms with Crippen molar-refractivity contribution in [2.24, 2.45) is 0 Å². The molecule has 2 aliphatic rings. The van der Waals surface area contributed by atoms with Crippen molar-refractivity contribution < 1.29 is 26.4 Å². The Bertz CT molecular complexity index is 1220. The molecule has 2 saturated heterocycles. The molecule has 0 aromatic heterocycles. The molecule has 2 aromatic carbocycles. The molecule has 2 heterocycles. The summed E-state index contributed by atoms with van der Waals surface area (Å²) in [6.07, 6.45) is -3.38. The van der Waals surface area contributed by atoms with Gasteiger partial charge in [-0.15, -0.1) is 0 Å². The highest BCUT2D eigenvalue weighted by atomic mass is 35.5. The molecule has 0 spiro atoms. The first-order valence-corrected chi connectivity index (χ1v) is 14.2. The molecule has 0 radical (unpaired) electrons. The number of alkyl halides is 3.